The number of carbonyl (C=O) groups excluding carboxylic acids is 2. The number of rotatable bonds is 2. The molecule has 0 spiro atoms. The van der Waals surface area contributed by atoms with Crippen LogP contribution in [0.15, 0.2) is 4.99 Å². The van der Waals surface area contributed by atoms with Crippen molar-refractivity contribution >= 4 is 27.7 Å². The van der Waals surface area contributed by atoms with Crippen LogP contribution in [0, 0.1) is 0 Å². The van der Waals surface area contributed by atoms with Crippen molar-refractivity contribution in [2.45, 2.75) is 37.9 Å². The highest BCUT2D eigenvalue weighted by molar-refractivity contribution is 7.91. The topological polar surface area (TPSA) is 95.9 Å². The van der Waals surface area contributed by atoms with E-state index in [0.29, 0.717) is 13.1 Å². The summed E-state index contributed by atoms with van der Waals surface area (Å²) in [5, 5.41) is 0.577. The summed E-state index contributed by atoms with van der Waals surface area (Å²) in [4.78, 5) is 26.4. The van der Waals surface area contributed by atoms with Gasteiger partial charge in [-0.05, 0) is 19.8 Å². The fraction of sp³-hybridized carbons (Fsp3) is 0.727. The van der Waals surface area contributed by atoms with Gasteiger partial charge in [-0.15, -0.1) is 0 Å². The average molecular weight is 287 g/mol. The Morgan fingerprint density at radius 2 is 1.74 bits per heavy atom. The van der Waals surface area contributed by atoms with Crippen molar-refractivity contribution in [3.8, 4) is 0 Å². The Hall–Kier alpha value is -1.28. The zero-order valence-electron chi connectivity index (χ0n) is 10.8. The van der Waals surface area contributed by atoms with Crippen LogP contribution < -0.4 is 5.32 Å². The Kier molecular flexibility index (Phi) is 4.00. The first-order valence-corrected chi connectivity index (χ1v) is 7.82. The van der Waals surface area contributed by atoms with Crippen molar-refractivity contribution in [1.29, 1.82) is 0 Å². The maximum atomic E-state index is 12.5. The largest absolute Gasteiger partial charge is 0.347 e. The van der Waals surface area contributed by atoms with E-state index in [1.807, 2.05) is 5.32 Å². The predicted octanol–water partition coefficient (Wildman–Crippen LogP) is 0.271. The number of amides is 3. The van der Waals surface area contributed by atoms with Gasteiger partial charge in [-0.25, -0.2) is 22.5 Å². The minimum absolute atomic E-state index is 0.0398. The summed E-state index contributed by atoms with van der Waals surface area (Å²) < 4.78 is 26.3. The number of imide groups is 1. The summed E-state index contributed by atoms with van der Waals surface area (Å²) in [5.74, 6) is -0.804. The van der Waals surface area contributed by atoms with Crippen molar-refractivity contribution in [3.05, 3.63) is 0 Å². The highest BCUT2D eigenvalue weighted by Gasteiger charge is 2.42. The van der Waals surface area contributed by atoms with Crippen LogP contribution in [-0.4, -0.2) is 48.7 Å². The summed E-state index contributed by atoms with van der Waals surface area (Å²) in [5.41, 5.74) is 0.0398. The number of hydrogen-bond donors (Lipinski definition) is 1. The van der Waals surface area contributed by atoms with Gasteiger partial charge in [0.15, 0.2) is 5.25 Å². The Morgan fingerprint density at radius 1 is 1.16 bits per heavy atom. The zero-order chi connectivity index (χ0) is 14.0. The molecule has 0 aromatic carbocycles. The van der Waals surface area contributed by atoms with Crippen LogP contribution >= 0.6 is 0 Å². The molecule has 0 aliphatic carbocycles. The Balaban J connectivity index is 2.30. The molecule has 1 N–H and O–H groups in total. The van der Waals surface area contributed by atoms with E-state index in [0.717, 1.165) is 25.7 Å². The molecular weight excluding hydrogens is 270 g/mol. The Morgan fingerprint density at radius 3 is 2.26 bits per heavy atom. The predicted molar refractivity (Wildman–Crippen MR) is 69.4 cm³/mol. The highest BCUT2D eigenvalue weighted by Crippen LogP contribution is 2.19. The van der Waals surface area contributed by atoms with Crippen LogP contribution in [0.4, 0.5) is 4.79 Å². The number of sulfonamides is 1. The van der Waals surface area contributed by atoms with E-state index in [1.54, 1.807) is 0 Å². The van der Waals surface area contributed by atoms with Crippen LogP contribution in [0.1, 0.15) is 32.6 Å². The van der Waals surface area contributed by atoms with Crippen molar-refractivity contribution in [2.24, 2.45) is 4.99 Å². The third kappa shape index (κ3) is 2.84. The standard InChI is InChI=1S/C11H17N3O4S/c1-8-9(10(15)13-11(16)12-8)19(17,18)14-6-4-2-3-5-7-14/h9H,2-7H2,1H3,(H,13,15,16). The second kappa shape index (κ2) is 5.38. The molecule has 1 saturated heterocycles. The molecule has 106 valence electrons. The molecule has 2 aliphatic heterocycles. The second-order valence-electron chi connectivity index (χ2n) is 4.79. The third-order valence-corrected chi connectivity index (χ3v) is 5.58. The summed E-state index contributed by atoms with van der Waals surface area (Å²) in [6, 6.07) is -0.801. The van der Waals surface area contributed by atoms with E-state index in [1.165, 1.54) is 11.2 Å². The van der Waals surface area contributed by atoms with Gasteiger partial charge in [-0.2, -0.15) is 0 Å². The molecule has 7 nitrogen and oxygen atoms in total. The lowest BCUT2D eigenvalue weighted by molar-refractivity contribution is -0.118. The first-order valence-electron chi connectivity index (χ1n) is 6.32. The van der Waals surface area contributed by atoms with E-state index in [4.69, 9.17) is 0 Å². The van der Waals surface area contributed by atoms with E-state index in [9.17, 15) is 18.0 Å². The quantitative estimate of drug-likeness (QED) is 0.788. The number of aliphatic imine (C=N–C) groups is 1. The summed E-state index contributed by atoms with van der Waals surface area (Å²) in [7, 11) is -3.79. The number of hydrogen-bond acceptors (Lipinski definition) is 4. The first-order chi connectivity index (χ1) is 8.93. The minimum atomic E-state index is -3.79. The van der Waals surface area contributed by atoms with Crippen LogP contribution in [0.5, 0.6) is 0 Å². The fourth-order valence-corrected chi connectivity index (χ4v) is 4.28. The lowest BCUT2D eigenvalue weighted by atomic mass is 10.2. The summed E-state index contributed by atoms with van der Waals surface area (Å²) in [6.45, 7) is 2.25. The Labute approximate surface area is 112 Å². The molecule has 1 unspecified atom stereocenters. The molecule has 0 aromatic heterocycles. The number of nitrogens with one attached hydrogen (secondary N) is 1. The molecule has 1 atom stereocenters. The van der Waals surface area contributed by atoms with Gasteiger partial charge in [0.25, 0.3) is 5.91 Å². The third-order valence-electron chi connectivity index (χ3n) is 3.35. The molecule has 1 fully saturated rings. The zero-order valence-corrected chi connectivity index (χ0v) is 11.6. The van der Waals surface area contributed by atoms with Crippen LogP contribution in [0.3, 0.4) is 0 Å². The van der Waals surface area contributed by atoms with Gasteiger partial charge in [-0.1, -0.05) is 12.8 Å². The molecular formula is C11H17N3O4S. The normalized spacial score (nSPS) is 26.6. The molecule has 2 heterocycles. The first kappa shape index (κ1) is 14.1. The lowest BCUT2D eigenvalue weighted by Crippen LogP contribution is -2.54. The Bertz CT molecular complexity index is 518. The van der Waals surface area contributed by atoms with Gasteiger partial charge in [-0.3, -0.25) is 10.1 Å². The molecule has 19 heavy (non-hydrogen) atoms. The van der Waals surface area contributed by atoms with Gasteiger partial charge in [0.2, 0.25) is 10.0 Å². The fourth-order valence-electron chi connectivity index (χ4n) is 2.40. The SMILES string of the molecule is CC1=NC(=O)NC(=O)C1S(=O)(=O)N1CCCCCC1. The molecule has 0 radical (unpaired) electrons. The molecule has 0 saturated carbocycles. The van der Waals surface area contributed by atoms with Gasteiger partial charge < -0.3 is 0 Å². The molecule has 8 heteroatoms. The van der Waals surface area contributed by atoms with E-state index < -0.39 is 27.2 Å². The van der Waals surface area contributed by atoms with Gasteiger partial charge in [0, 0.05) is 18.8 Å². The van der Waals surface area contributed by atoms with Crippen LogP contribution in [-0.2, 0) is 14.8 Å². The number of urea groups is 1. The number of carbonyl (C=O) groups is 2. The lowest BCUT2D eigenvalue weighted by Gasteiger charge is -2.27. The van der Waals surface area contributed by atoms with Crippen LogP contribution in [0.2, 0.25) is 0 Å². The smallest absolute Gasteiger partial charge is 0.275 e. The van der Waals surface area contributed by atoms with Gasteiger partial charge >= 0.3 is 6.03 Å². The van der Waals surface area contributed by atoms with Crippen molar-refractivity contribution in [3.63, 3.8) is 0 Å². The molecule has 0 bridgehead atoms. The molecule has 3 amide bonds. The van der Waals surface area contributed by atoms with E-state index in [-0.39, 0.29) is 5.71 Å². The highest BCUT2D eigenvalue weighted by atomic mass is 32.2. The van der Waals surface area contributed by atoms with Gasteiger partial charge in [0.05, 0.1) is 0 Å². The summed E-state index contributed by atoms with van der Waals surface area (Å²) in [6.07, 6.45) is 3.58. The molecule has 2 rings (SSSR count). The summed E-state index contributed by atoms with van der Waals surface area (Å²) >= 11 is 0. The second-order valence-corrected chi connectivity index (χ2v) is 6.80. The monoisotopic (exact) mass is 287 g/mol. The van der Waals surface area contributed by atoms with Crippen molar-refractivity contribution in [2.75, 3.05) is 13.1 Å². The van der Waals surface area contributed by atoms with Crippen LogP contribution in [0.25, 0.3) is 0 Å². The minimum Gasteiger partial charge on any atom is -0.275 e. The maximum Gasteiger partial charge on any atom is 0.347 e. The van der Waals surface area contributed by atoms with Crippen molar-refractivity contribution in [1.82, 2.24) is 9.62 Å². The van der Waals surface area contributed by atoms with E-state index in [2.05, 4.69) is 4.99 Å². The van der Waals surface area contributed by atoms with Gasteiger partial charge in [0.1, 0.15) is 0 Å². The molecule has 2 aliphatic rings. The maximum absolute atomic E-state index is 12.5. The van der Waals surface area contributed by atoms with E-state index >= 15 is 0 Å². The number of nitrogens with zero attached hydrogens (tertiary/aromatic N) is 2. The molecule has 0 aromatic rings. The van der Waals surface area contributed by atoms with Crippen molar-refractivity contribution < 1.29 is 18.0 Å². The average Bonchev–Trinajstić information content (AvgIpc) is 2.55.